The largest absolute Gasteiger partial charge is 0.379 e. The molecule has 0 saturated carbocycles. The standard InChI is InChI=1S/C13H28N2O2/c1-13(2)17-12-7-14(3)5-4-6-15-8-10-16-11-9-15/h13H,4-12H2,1-3H3. The molecule has 0 aliphatic carbocycles. The van der Waals surface area contributed by atoms with Gasteiger partial charge in [-0.25, -0.2) is 0 Å². The van der Waals surface area contributed by atoms with Gasteiger partial charge in [-0.05, 0) is 40.4 Å². The zero-order valence-corrected chi connectivity index (χ0v) is 11.7. The second-order valence-electron chi connectivity index (χ2n) is 5.03. The molecule has 1 aliphatic heterocycles. The normalized spacial score (nSPS) is 18.2. The molecule has 4 heteroatoms. The second kappa shape index (κ2) is 8.86. The van der Waals surface area contributed by atoms with Gasteiger partial charge in [0, 0.05) is 19.6 Å². The van der Waals surface area contributed by atoms with Crippen molar-refractivity contribution in [1.82, 2.24) is 9.80 Å². The summed E-state index contributed by atoms with van der Waals surface area (Å²) in [6, 6.07) is 0. The summed E-state index contributed by atoms with van der Waals surface area (Å²) in [5.41, 5.74) is 0. The maximum atomic E-state index is 5.54. The Hall–Kier alpha value is -0.160. The van der Waals surface area contributed by atoms with E-state index in [1.165, 1.54) is 13.0 Å². The molecule has 17 heavy (non-hydrogen) atoms. The Bertz CT molecular complexity index is 182. The quantitative estimate of drug-likeness (QED) is 0.637. The molecule has 0 atom stereocenters. The van der Waals surface area contributed by atoms with Crippen molar-refractivity contribution < 1.29 is 9.47 Å². The molecule has 1 saturated heterocycles. The molecule has 0 aromatic rings. The summed E-state index contributed by atoms with van der Waals surface area (Å²) in [5.74, 6) is 0. The summed E-state index contributed by atoms with van der Waals surface area (Å²) in [4.78, 5) is 4.84. The number of hydrogen-bond donors (Lipinski definition) is 0. The van der Waals surface area contributed by atoms with Gasteiger partial charge in [-0.3, -0.25) is 4.90 Å². The van der Waals surface area contributed by atoms with Crippen LogP contribution < -0.4 is 0 Å². The third-order valence-electron chi connectivity index (χ3n) is 3.04. The number of hydrogen-bond acceptors (Lipinski definition) is 4. The predicted octanol–water partition coefficient (Wildman–Crippen LogP) is 1.07. The molecule has 4 nitrogen and oxygen atoms in total. The lowest BCUT2D eigenvalue weighted by molar-refractivity contribution is 0.0351. The molecule has 1 heterocycles. The van der Waals surface area contributed by atoms with E-state index in [0.29, 0.717) is 6.10 Å². The minimum Gasteiger partial charge on any atom is -0.379 e. The summed E-state index contributed by atoms with van der Waals surface area (Å²) in [6.07, 6.45) is 1.58. The molecule has 1 aliphatic rings. The topological polar surface area (TPSA) is 24.9 Å². The highest BCUT2D eigenvalue weighted by Crippen LogP contribution is 1.99. The first-order valence-corrected chi connectivity index (χ1v) is 6.78. The third kappa shape index (κ3) is 7.71. The van der Waals surface area contributed by atoms with Gasteiger partial charge in [-0.1, -0.05) is 0 Å². The van der Waals surface area contributed by atoms with Crippen LogP contribution in [0.5, 0.6) is 0 Å². The van der Waals surface area contributed by atoms with Crippen molar-refractivity contribution in [2.24, 2.45) is 0 Å². The Morgan fingerprint density at radius 1 is 1.24 bits per heavy atom. The minimum absolute atomic E-state index is 0.344. The van der Waals surface area contributed by atoms with Crippen molar-refractivity contribution in [2.75, 3.05) is 59.6 Å². The van der Waals surface area contributed by atoms with Gasteiger partial charge in [0.2, 0.25) is 0 Å². The lowest BCUT2D eigenvalue weighted by Crippen LogP contribution is -2.38. The van der Waals surface area contributed by atoms with Crippen LogP contribution in [0.15, 0.2) is 0 Å². The highest BCUT2D eigenvalue weighted by atomic mass is 16.5. The number of likely N-dealkylation sites (N-methyl/N-ethyl adjacent to an activating group) is 1. The van der Waals surface area contributed by atoms with Crippen LogP contribution in [0.3, 0.4) is 0 Å². The van der Waals surface area contributed by atoms with E-state index >= 15 is 0 Å². The lowest BCUT2D eigenvalue weighted by Gasteiger charge is -2.27. The van der Waals surface area contributed by atoms with E-state index in [-0.39, 0.29) is 0 Å². The van der Waals surface area contributed by atoms with E-state index in [1.807, 2.05) is 0 Å². The molecule has 0 amide bonds. The van der Waals surface area contributed by atoms with E-state index < -0.39 is 0 Å². The Balaban J connectivity index is 1.93. The molecule has 0 radical (unpaired) electrons. The summed E-state index contributed by atoms with van der Waals surface area (Å²) in [6.45, 7) is 12.4. The molecule has 1 fully saturated rings. The molecular weight excluding hydrogens is 216 g/mol. The van der Waals surface area contributed by atoms with Crippen LogP contribution in [0.1, 0.15) is 20.3 Å². The highest BCUT2D eigenvalue weighted by molar-refractivity contribution is 4.63. The van der Waals surface area contributed by atoms with E-state index in [2.05, 4.69) is 30.7 Å². The summed E-state index contributed by atoms with van der Waals surface area (Å²) < 4.78 is 10.9. The molecule has 0 unspecified atom stereocenters. The van der Waals surface area contributed by atoms with Gasteiger partial charge in [-0.2, -0.15) is 0 Å². The van der Waals surface area contributed by atoms with E-state index in [1.54, 1.807) is 0 Å². The first-order valence-electron chi connectivity index (χ1n) is 6.78. The fraction of sp³-hybridized carbons (Fsp3) is 1.00. The molecule has 0 aromatic heterocycles. The van der Waals surface area contributed by atoms with Crippen LogP contribution in [-0.4, -0.2) is 75.5 Å². The lowest BCUT2D eigenvalue weighted by atomic mass is 10.3. The molecule has 0 bridgehead atoms. The number of nitrogens with zero attached hydrogens (tertiary/aromatic N) is 2. The molecular formula is C13H28N2O2. The summed E-state index contributed by atoms with van der Waals surface area (Å²) in [7, 11) is 2.17. The van der Waals surface area contributed by atoms with Crippen molar-refractivity contribution in [2.45, 2.75) is 26.4 Å². The summed E-state index contributed by atoms with van der Waals surface area (Å²) >= 11 is 0. The maximum Gasteiger partial charge on any atom is 0.0596 e. The predicted molar refractivity (Wildman–Crippen MR) is 70.5 cm³/mol. The van der Waals surface area contributed by atoms with Gasteiger partial charge in [0.15, 0.2) is 0 Å². The first kappa shape index (κ1) is 14.9. The third-order valence-corrected chi connectivity index (χ3v) is 3.04. The fourth-order valence-corrected chi connectivity index (χ4v) is 1.95. The zero-order chi connectivity index (χ0) is 12.5. The Labute approximate surface area is 106 Å². The van der Waals surface area contributed by atoms with Gasteiger partial charge in [0.05, 0.1) is 25.9 Å². The van der Waals surface area contributed by atoms with Crippen LogP contribution in [0.25, 0.3) is 0 Å². The van der Waals surface area contributed by atoms with Crippen LogP contribution in [0, 0.1) is 0 Å². The van der Waals surface area contributed by atoms with Crippen LogP contribution in [0.2, 0.25) is 0 Å². The molecule has 0 aromatic carbocycles. The van der Waals surface area contributed by atoms with Gasteiger partial charge >= 0.3 is 0 Å². The average molecular weight is 244 g/mol. The van der Waals surface area contributed by atoms with Crippen LogP contribution >= 0.6 is 0 Å². The zero-order valence-electron chi connectivity index (χ0n) is 11.7. The smallest absolute Gasteiger partial charge is 0.0596 e. The van der Waals surface area contributed by atoms with E-state index in [4.69, 9.17) is 9.47 Å². The number of ether oxygens (including phenoxy) is 2. The second-order valence-corrected chi connectivity index (χ2v) is 5.03. The Kier molecular flexibility index (Phi) is 7.77. The SMILES string of the molecule is CC(C)OCCN(C)CCCN1CCOCC1. The van der Waals surface area contributed by atoms with Crippen LogP contribution in [-0.2, 0) is 9.47 Å². The van der Waals surface area contributed by atoms with Gasteiger partial charge in [-0.15, -0.1) is 0 Å². The van der Waals surface area contributed by atoms with Gasteiger partial charge in [0.25, 0.3) is 0 Å². The molecule has 0 spiro atoms. The first-order chi connectivity index (χ1) is 8.18. The Morgan fingerprint density at radius 2 is 1.94 bits per heavy atom. The molecule has 1 rings (SSSR count). The van der Waals surface area contributed by atoms with Crippen LogP contribution in [0.4, 0.5) is 0 Å². The monoisotopic (exact) mass is 244 g/mol. The average Bonchev–Trinajstić information content (AvgIpc) is 2.30. The fourth-order valence-electron chi connectivity index (χ4n) is 1.95. The molecule has 0 N–H and O–H groups in total. The van der Waals surface area contributed by atoms with Crippen molar-refractivity contribution in [3.63, 3.8) is 0 Å². The van der Waals surface area contributed by atoms with Crippen molar-refractivity contribution in [3.8, 4) is 0 Å². The van der Waals surface area contributed by atoms with Crippen molar-refractivity contribution in [3.05, 3.63) is 0 Å². The minimum atomic E-state index is 0.344. The number of rotatable bonds is 8. The van der Waals surface area contributed by atoms with Gasteiger partial charge < -0.3 is 14.4 Å². The van der Waals surface area contributed by atoms with E-state index in [9.17, 15) is 0 Å². The van der Waals surface area contributed by atoms with Crippen molar-refractivity contribution >= 4 is 0 Å². The Morgan fingerprint density at radius 3 is 2.59 bits per heavy atom. The van der Waals surface area contributed by atoms with E-state index in [0.717, 1.165) is 46.0 Å². The molecule has 102 valence electrons. The number of morpholine rings is 1. The maximum absolute atomic E-state index is 5.54. The highest BCUT2D eigenvalue weighted by Gasteiger charge is 2.09. The van der Waals surface area contributed by atoms with Crippen molar-refractivity contribution in [1.29, 1.82) is 0 Å². The summed E-state index contributed by atoms with van der Waals surface area (Å²) in [5, 5.41) is 0. The van der Waals surface area contributed by atoms with Gasteiger partial charge in [0.1, 0.15) is 0 Å².